The summed E-state index contributed by atoms with van der Waals surface area (Å²) in [4.78, 5) is 11.7. The number of fused-ring (bicyclic) bond motifs is 1. The van der Waals surface area contributed by atoms with E-state index < -0.39 is 0 Å². The zero-order valence-corrected chi connectivity index (χ0v) is 8.88. The number of carbonyl (C=O) groups excluding carboxylic acids is 1. The molecular weight excluding hydrogens is 174 g/mol. The first-order chi connectivity index (χ1) is 6.70. The minimum atomic E-state index is 0.339. The fourth-order valence-corrected chi connectivity index (χ4v) is 4.08. The number of hydrogen-bond donors (Lipinski definition) is 1. The van der Waals surface area contributed by atoms with E-state index in [4.69, 9.17) is 0 Å². The molecule has 3 rings (SSSR count). The van der Waals surface area contributed by atoms with Crippen molar-refractivity contribution in [2.24, 2.45) is 17.3 Å². The summed E-state index contributed by atoms with van der Waals surface area (Å²) in [5.74, 6) is 1.57. The van der Waals surface area contributed by atoms with Crippen molar-refractivity contribution in [2.75, 3.05) is 0 Å². The van der Waals surface area contributed by atoms with Crippen molar-refractivity contribution in [1.29, 1.82) is 0 Å². The Balaban J connectivity index is 1.95. The van der Waals surface area contributed by atoms with Crippen LogP contribution in [0.3, 0.4) is 0 Å². The quantitative estimate of drug-likeness (QED) is 0.627. The fraction of sp³-hybridized carbons (Fsp3) is 0.917. The van der Waals surface area contributed by atoms with Gasteiger partial charge in [-0.2, -0.15) is 0 Å². The Labute approximate surface area is 85.4 Å². The summed E-state index contributed by atoms with van der Waals surface area (Å²) >= 11 is 0. The monoisotopic (exact) mass is 193 g/mol. The number of nitrogens with one attached hydrogen (secondary N) is 1. The molecule has 1 saturated heterocycles. The molecule has 2 saturated carbocycles. The van der Waals surface area contributed by atoms with Gasteiger partial charge in [0.05, 0.1) is 0 Å². The number of rotatable bonds is 0. The van der Waals surface area contributed by atoms with Crippen LogP contribution in [0.2, 0.25) is 0 Å². The van der Waals surface area contributed by atoms with Gasteiger partial charge >= 0.3 is 0 Å². The van der Waals surface area contributed by atoms with Crippen LogP contribution in [0.15, 0.2) is 0 Å². The minimum Gasteiger partial charge on any atom is -0.353 e. The van der Waals surface area contributed by atoms with Gasteiger partial charge in [-0.3, -0.25) is 4.79 Å². The van der Waals surface area contributed by atoms with Crippen molar-refractivity contribution in [3.63, 3.8) is 0 Å². The zero-order valence-electron chi connectivity index (χ0n) is 8.88. The molecule has 2 bridgehead atoms. The molecule has 1 N–H and O–H groups in total. The van der Waals surface area contributed by atoms with Crippen LogP contribution in [-0.4, -0.2) is 11.9 Å². The summed E-state index contributed by atoms with van der Waals surface area (Å²) in [7, 11) is 0. The van der Waals surface area contributed by atoms with Gasteiger partial charge in [-0.15, -0.1) is 0 Å². The van der Waals surface area contributed by atoms with Crippen molar-refractivity contribution in [3.05, 3.63) is 0 Å². The van der Waals surface area contributed by atoms with E-state index in [-0.39, 0.29) is 0 Å². The van der Waals surface area contributed by atoms with Crippen molar-refractivity contribution < 1.29 is 4.79 Å². The molecule has 1 amide bonds. The molecule has 0 radical (unpaired) electrons. The molecule has 78 valence electrons. The Bertz CT molecular complexity index is 275. The van der Waals surface area contributed by atoms with E-state index in [1.807, 2.05) is 0 Å². The van der Waals surface area contributed by atoms with Gasteiger partial charge in [0.15, 0.2) is 0 Å². The number of hydrogen-bond acceptors (Lipinski definition) is 1. The lowest BCUT2D eigenvalue weighted by molar-refractivity contribution is -0.140. The van der Waals surface area contributed by atoms with Crippen LogP contribution in [0.5, 0.6) is 0 Å². The number of amides is 1. The second-order valence-corrected chi connectivity index (χ2v) is 5.67. The summed E-state index contributed by atoms with van der Waals surface area (Å²) in [6.45, 7) is 2.41. The van der Waals surface area contributed by atoms with Crippen molar-refractivity contribution >= 4 is 5.91 Å². The average Bonchev–Trinajstić information content (AvgIpc) is 2.18. The predicted molar refractivity (Wildman–Crippen MR) is 54.7 cm³/mol. The molecule has 0 aromatic rings. The van der Waals surface area contributed by atoms with Crippen molar-refractivity contribution in [1.82, 2.24) is 5.32 Å². The molecule has 2 heteroatoms. The van der Waals surface area contributed by atoms with E-state index >= 15 is 0 Å². The zero-order chi connectivity index (χ0) is 9.76. The third-order valence-corrected chi connectivity index (χ3v) is 5.01. The van der Waals surface area contributed by atoms with Crippen molar-refractivity contribution in [3.8, 4) is 0 Å². The van der Waals surface area contributed by atoms with Gasteiger partial charge in [0.2, 0.25) is 5.91 Å². The minimum absolute atomic E-state index is 0.339. The lowest BCUT2D eigenvalue weighted by atomic mass is 9.54. The lowest BCUT2D eigenvalue weighted by Crippen LogP contribution is -2.61. The molecule has 3 fully saturated rings. The largest absolute Gasteiger partial charge is 0.353 e. The topological polar surface area (TPSA) is 29.1 Å². The van der Waals surface area contributed by atoms with Gasteiger partial charge in [-0.25, -0.2) is 0 Å². The van der Waals surface area contributed by atoms with Crippen LogP contribution in [0.1, 0.15) is 45.4 Å². The molecule has 0 spiro atoms. The highest BCUT2D eigenvalue weighted by atomic mass is 16.2. The molecule has 3 aliphatic rings. The highest BCUT2D eigenvalue weighted by Crippen LogP contribution is 2.53. The van der Waals surface area contributed by atoms with Gasteiger partial charge in [0, 0.05) is 12.0 Å². The summed E-state index contributed by atoms with van der Waals surface area (Å²) < 4.78 is 0. The van der Waals surface area contributed by atoms with Crippen LogP contribution in [0, 0.1) is 17.3 Å². The SMILES string of the molecule is CC12CC3CCC1CCCC2NC3=O. The van der Waals surface area contributed by atoms with Gasteiger partial charge in [0.25, 0.3) is 0 Å². The van der Waals surface area contributed by atoms with Crippen molar-refractivity contribution in [2.45, 2.75) is 51.5 Å². The Hall–Kier alpha value is -0.530. The van der Waals surface area contributed by atoms with Crippen LogP contribution in [0.25, 0.3) is 0 Å². The van der Waals surface area contributed by atoms with Crippen LogP contribution >= 0.6 is 0 Å². The fourth-order valence-electron chi connectivity index (χ4n) is 4.08. The highest BCUT2D eigenvalue weighted by molar-refractivity contribution is 5.80. The second-order valence-electron chi connectivity index (χ2n) is 5.67. The van der Waals surface area contributed by atoms with E-state index in [1.54, 1.807) is 0 Å². The molecule has 4 atom stereocenters. The van der Waals surface area contributed by atoms with Crippen LogP contribution in [0.4, 0.5) is 0 Å². The number of carbonyl (C=O) groups is 1. The van der Waals surface area contributed by atoms with Gasteiger partial charge in [-0.05, 0) is 43.4 Å². The molecule has 2 nitrogen and oxygen atoms in total. The lowest BCUT2D eigenvalue weighted by Gasteiger charge is -2.55. The van der Waals surface area contributed by atoms with E-state index in [0.29, 0.717) is 23.3 Å². The van der Waals surface area contributed by atoms with Gasteiger partial charge in [-0.1, -0.05) is 13.3 Å². The normalized spacial score (nSPS) is 51.2. The van der Waals surface area contributed by atoms with Crippen LogP contribution in [-0.2, 0) is 4.79 Å². The first kappa shape index (κ1) is 8.75. The average molecular weight is 193 g/mol. The van der Waals surface area contributed by atoms with E-state index in [0.717, 1.165) is 18.8 Å². The van der Waals surface area contributed by atoms with Gasteiger partial charge in [0.1, 0.15) is 0 Å². The summed E-state index contributed by atoms with van der Waals surface area (Å²) in [6.07, 6.45) is 7.52. The molecule has 0 aromatic carbocycles. The molecule has 14 heavy (non-hydrogen) atoms. The summed E-state index contributed by atoms with van der Waals surface area (Å²) in [6, 6.07) is 0.491. The third-order valence-electron chi connectivity index (χ3n) is 5.01. The van der Waals surface area contributed by atoms with E-state index in [1.165, 1.54) is 25.7 Å². The third kappa shape index (κ3) is 0.999. The molecule has 0 aromatic heterocycles. The van der Waals surface area contributed by atoms with Gasteiger partial charge < -0.3 is 5.32 Å². The first-order valence-electron chi connectivity index (χ1n) is 6.00. The Morgan fingerprint density at radius 2 is 2.14 bits per heavy atom. The smallest absolute Gasteiger partial charge is 0.223 e. The molecule has 4 unspecified atom stereocenters. The Kier molecular flexibility index (Phi) is 1.71. The Morgan fingerprint density at radius 3 is 3.00 bits per heavy atom. The maximum absolute atomic E-state index is 11.7. The highest BCUT2D eigenvalue weighted by Gasteiger charge is 2.52. The maximum atomic E-state index is 11.7. The molecular formula is C12H19NO. The molecule has 2 aliphatic carbocycles. The van der Waals surface area contributed by atoms with E-state index in [9.17, 15) is 4.79 Å². The first-order valence-corrected chi connectivity index (χ1v) is 6.00. The second kappa shape index (κ2) is 2.74. The van der Waals surface area contributed by atoms with E-state index in [2.05, 4.69) is 12.2 Å². The molecule has 1 aliphatic heterocycles. The maximum Gasteiger partial charge on any atom is 0.223 e. The summed E-state index contributed by atoms with van der Waals surface area (Å²) in [5.41, 5.74) is 0.440. The summed E-state index contributed by atoms with van der Waals surface area (Å²) in [5, 5.41) is 3.25. The molecule has 1 heterocycles. The predicted octanol–water partition coefficient (Wildman–Crippen LogP) is 2.09. The Morgan fingerprint density at radius 1 is 1.29 bits per heavy atom. The number of piperidine rings is 1. The standard InChI is InChI=1S/C12H19NO/c1-12-7-8-5-6-9(12)3-2-4-10(12)13-11(8)14/h8-10H,2-7H2,1H3,(H,13,14). The van der Waals surface area contributed by atoms with Crippen LogP contribution < -0.4 is 5.32 Å².